The van der Waals surface area contributed by atoms with Crippen LogP contribution in [0.2, 0.25) is 0 Å². The highest BCUT2D eigenvalue weighted by atomic mass is 35.5. The average Bonchev–Trinajstić information content (AvgIpc) is 2.48. The lowest BCUT2D eigenvalue weighted by atomic mass is 10.4. The Morgan fingerprint density at radius 2 is 2.31 bits per heavy atom. The topological polar surface area (TPSA) is 29.0 Å². The summed E-state index contributed by atoms with van der Waals surface area (Å²) in [5.41, 5.74) is 0. The van der Waals surface area contributed by atoms with E-state index in [1.54, 1.807) is 6.20 Å². The van der Waals surface area contributed by atoms with Crippen LogP contribution in [0.15, 0.2) is 18.6 Å². The number of aromatic nitrogens is 2. The van der Waals surface area contributed by atoms with E-state index in [1.165, 1.54) is 6.33 Å². The summed E-state index contributed by atoms with van der Waals surface area (Å²) in [6.07, 6.45) is 4.02. The molecule has 0 saturated carbocycles. The molecule has 0 spiro atoms. The Morgan fingerprint density at radius 3 is 2.85 bits per heavy atom. The Bertz CT molecular complexity index is 289. The molecule has 1 saturated heterocycles. The van der Waals surface area contributed by atoms with Crippen LogP contribution in [0.25, 0.3) is 0 Å². The molecular formula is C8H9Cl2N3. The molecule has 3 nitrogen and oxygen atoms in total. The van der Waals surface area contributed by atoms with E-state index in [0.29, 0.717) is 6.54 Å². The predicted molar refractivity (Wildman–Crippen MR) is 53.3 cm³/mol. The summed E-state index contributed by atoms with van der Waals surface area (Å²) in [5.74, 6) is 0.887. The fraction of sp³-hybridized carbons (Fsp3) is 0.500. The normalized spacial score (nSPS) is 20.6. The van der Waals surface area contributed by atoms with Gasteiger partial charge in [0.2, 0.25) is 0 Å². The first kappa shape index (κ1) is 9.03. The summed E-state index contributed by atoms with van der Waals surface area (Å²) in [7, 11) is 0. The Morgan fingerprint density at radius 1 is 1.46 bits per heavy atom. The van der Waals surface area contributed by atoms with Gasteiger partial charge in [-0.3, -0.25) is 0 Å². The van der Waals surface area contributed by atoms with Gasteiger partial charge in [-0.2, -0.15) is 0 Å². The molecule has 1 aliphatic rings. The van der Waals surface area contributed by atoms with E-state index in [9.17, 15) is 0 Å². The molecule has 5 heteroatoms. The Labute approximate surface area is 86.7 Å². The molecule has 1 aromatic rings. The molecule has 0 atom stereocenters. The van der Waals surface area contributed by atoms with Gasteiger partial charge in [0, 0.05) is 12.7 Å². The van der Waals surface area contributed by atoms with Gasteiger partial charge in [-0.1, -0.05) is 23.2 Å². The standard InChI is InChI=1S/C8H9Cl2N3/c9-8(10)2-4-13(5-8)7-1-3-11-6-12-7/h1,3,6H,2,4-5H2. The van der Waals surface area contributed by atoms with Gasteiger partial charge in [-0.05, 0) is 12.5 Å². The van der Waals surface area contributed by atoms with E-state index >= 15 is 0 Å². The molecule has 13 heavy (non-hydrogen) atoms. The first-order valence-electron chi connectivity index (χ1n) is 4.06. The number of anilines is 1. The van der Waals surface area contributed by atoms with Crippen LogP contribution in [0.4, 0.5) is 5.82 Å². The summed E-state index contributed by atoms with van der Waals surface area (Å²) < 4.78 is -0.620. The van der Waals surface area contributed by atoms with Gasteiger partial charge < -0.3 is 4.90 Å². The van der Waals surface area contributed by atoms with Gasteiger partial charge in [0.25, 0.3) is 0 Å². The van der Waals surface area contributed by atoms with E-state index < -0.39 is 4.33 Å². The van der Waals surface area contributed by atoms with E-state index in [-0.39, 0.29) is 0 Å². The SMILES string of the molecule is ClC1(Cl)CCN(c2ccncn2)C1. The highest BCUT2D eigenvalue weighted by Crippen LogP contribution is 2.33. The fourth-order valence-electron chi connectivity index (χ4n) is 1.40. The lowest BCUT2D eigenvalue weighted by Crippen LogP contribution is -2.24. The van der Waals surface area contributed by atoms with Crippen LogP contribution in [0, 0.1) is 0 Å². The lowest BCUT2D eigenvalue weighted by Gasteiger charge is -2.17. The molecule has 0 radical (unpaired) electrons. The molecule has 0 unspecified atom stereocenters. The first-order chi connectivity index (χ1) is 6.17. The number of alkyl halides is 2. The zero-order valence-corrected chi connectivity index (χ0v) is 8.46. The van der Waals surface area contributed by atoms with Crippen LogP contribution in [0.3, 0.4) is 0 Å². The molecular weight excluding hydrogens is 209 g/mol. The van der Waals surface area contributed by atoms with E-state index in [4.69, 9.17) is 23.2 Å². The maximum absolute atomic E-state index is 5.99. The molecule has 0 N–H and O–H groups in total. The predicted octanol–water partition coefficient (Wildman–Crippen LogP) is 1.86. The van der Waals surface area contributed by atoms with Gasteiger partial charge in [-0.25, -0.2) is 9.97 Å². The third-order valence-electron chi connectivity index (χ3n) is 2.06. The van der Waals surface area contributed by atoms with Crippen LogP contribution >= 0.6 is 23.2 Å². The molecule has 1 fully saturated rings. The highest BCUT2D eigenvalue weighted by Gasteiger charge is 2.34. The second-order valence-electron chi connectivity index (χ2n) is 3.10. The summed E-state index contributed by atoms with van der Waals surface area (Å²) in [5, 5.41) is 0. The summed E-state index contributed by atoms with van der Waals surface area (Å²) >= 11 is 12.0. The minimum atomic E-state index is -0.620. The quantitative estimate of drug-likeness (QED) is 0.673. The van der Waals surface area contributed by atoms with Crippen molar-refractivity contribution in [1.82, 2.24) is 9.97 Å². The van der Waals surface area contributed by atoms with E-state index in [2.05, 4.69) is 14.9 Å². The van der Waals surface area contributed by atoms with Crippen molar-refractivity contribution in [3.63, 3.8) is 0 Å². The fourth-order valence-corrected chi connectivity index (χ4v) is 1.86. The lowest BCUT2D eigenvalue weighted by molar-refractivity contribution is 0.874. The van der Waals surface area contributed by atoms with Crippen molar-refractivity contribution < 1.29 is 0 Å². The molecule has 0 amide bonds. The Kier molecular flexibility index (Phi) is 2.30. The molecule has 0 aliphatic carbocycles. The van der Waals surface area contributed by atoms with Crippen molar-refractivity contribution in [3.8, 4) is 0 Å². The highest BCUT2D eigenvalue weighted by molar-refractivity contribution is 6.49. The van der Waals surface area contributed by atoms with Crippen LogP contribution < -0.4 is 4.90 Å². The van der Waals surface area contributed by atoms with Gasteiger partial charge in [0.15, 0.2) is 0 Å². The minimum Gasteiger partial charge on any atom is -0.353 e. The van der Waals surface area contributed by atoms with E-state index in [1.807, 2.05) is 6.07 Å². The number of halogens is 2. The maximum atomic E-state index is 5.99. The van der Waals surface area contributed by atoms with Gasteiger partial charge >= 0.3 is 0 Å². The van der Waals surface area contributed by atoms with Crippen LogP contribution in [0.5, 0.6) is 0 Å². The monoisotopic (exact) mass is 217 g/mol. The summed E-state index contributed by atoms with van der Waals surface area (Å²) in [6, 6.07) is 1.86. The Balaban J connectivity index is 2.13. The van der Waals surface area contributed by atoms with Crippen molar-refractivity contribution in [2.45, 2.75) is 10.8 Å². The zero-order chi connectivity index (χ0) is 9.31. The summed E-state index contributed by atoms with van der Waals surface area (Å²) in [6.45, 7) is 1.48. The van der Waals surface area contributed by atoms with Gasteiger partial charge in [0.1, 0.15) is 16.5 Å². The smallest absolute Gasteiger partial charge is 0.137 e. The molecule has 0 aromatic carbocycles. The number of nitrogens with zero attached hydrogens (tertiary/aromatic N) is 3. The van der Waals surface area contributed by atoms with Crippen LogP contribution in [0.1, 0.15) is 6.42 Å². The maximum Gasteiger partial charge on any atom is 0.137 e. The Hall–Kier alpha value is -0.540. The van der Waals surface area contributed by atoms with Crippen molar-refractivity contribution in [2.24, 2.45) is 0 Å². The molecule has 1 aromatic heterocycles. The number of hydrogen-bond acceptors (Lipinski definition) is 3. The molecule has 0 bridgehead atoms. The van der Waals surface area contributed by atoms with Gasteiger partial charge in [0.05, 0.1) is 6.54 Å². The van der Waals surface area contributed by atoms with Crippen LogP contribution in [-0.2, 0) is 0 Å². The largest absolute Gasteiger partial charge is 0.353 e. The number of hydrogen-bond donors (Lipinski definition) is 0. The van der Waals surface area contributed by atoms with Crippen molar-refractivity contribution >= 4 is 29.0 Å². The van der Waals surface area contributed by atoms with E-state index in [0.717, 1.165) is 18.8 Å². The zero-order valence-electron chi connectivity index (χ0n) is 6.95. The second-order valence-corrected chi connectivity index (χ2v) is 4.74. The molecule has 2 rings (SSSR count). The molecule has 1 aliphatic heterocycles. The van der Waals surface area contributed by atoms with Crippen molar-refractivity contribution in [2.75, 3.05) is 18.0 Å². The third-order valence-corrected chi connectivity index (χ3v) is 2.68. The van der Waals surface area contributed by atoms with Crippen LogP contribution in [-0.4, -0.2) is 27.4 Å². The van der Waals surface area contributed by atoms with Gasteiger partial charge in [-0.15, -0.1) is 0 Å². The second kappa shape index (κ2) is 3.31. The van der Waals surface area contributed by atoms with Crippen molar-refractivity contribution in [1.29, 1.82) is 0 Å². The molecule has 2 heterocycles. The third kappa shape index (κ3) is 2.03. The minimum absolute atomic E-state index is 0.620. The van der Waals surface area contributed by atoms with Crippen molar-refractivity contribution in [3.05, 3.63) is 18.6 Å². The summed E-state index contributed by atoms with van der Waals surface area (Å²) in [4.78, 5) is 10.0. The average molecular weight is 218 g/mol. The molecule has 70 valence electrons. The number of rotatable bonds is 1. The first-order valence-corrected chi connectivity index (χ1v) is 4.82.